The number of rotatable bonds is 5. The lowest BCUT2D eigenvalue weighted by atomic mass is 10.1. The van der Waals surface area contributed by atoms with Gasteiger partial charge < -0.3 is 10.1 Å². The van der Waals surface area contributed by atoms with Crippen molar-refractivity contribution in [2.45, 2.75) is 13.0 Å². The minimum Gasteiger partial charge on any atom is -0.364 e. The first-order valence-corrected chi connectivity index (χ1v) is 8.57. The molecule has 1 heterocycles. The van der Waals surface area contributed by atoms with Crippen molar-refractivity contribution in [3.8, 4) is 0 Å². The Morgan fingerprint density at radius 3 is 2.76 bits per heavy atom. The molecule has 1 atom stereocenters. The highest BCUT2D eigenvalue weighted by molar-refractivity contribution is 6.33. The molecule has 1 amide bonds. The standard InChI is InChI=1S/C19H16Cl2N2O2/c1-2-25-18(14-11-13(20)8-9-15(14)21)19(24)23-17-10-7-12-5-3-4-6-16(12)22-17/h3-11,18H,2H2,1H3,(H,22,23,24). The van der Waals surface area contributed by atoms with E-state index in [1.165, 1.54) is 0 Å². The zero-order valence-electron chi connectivity index (χ0n) is 13.5. The van der Waals surface area contributed by atoms with E-state index in [0.717, 1.165) is 10.9 Å². The molecule has 25 heavy (non-hydrogen) atoms. The number of aromatic nitrogens is 1. The number of carbonyl (C=O) groups is 1. The van der Waals surface area contributed by atoms with Gasteiger partial charge in [-0.1, -0.05) is 41.4 Å². The minimum absolute atomic E-state index is 0.353. The highest BCUT2D eigenvalue weighted by atomic mass is 35.5. The van der Waals surface area contributed by atoms with Crippen molar-refractivity contribution < 1.29 is 9.53 Å². The molecule has 0 spiro atoms. The van der Waals surface area contributed by atoms with Gasteiger partial charge in [0.15, 0.2) is 6.10 Å². The molecule has 3 aromatic rings. The fourth-order valence-electron chi connectivity index (χ4n) is 2.52. The average molecular weight is 375 g/mol. The zero-order valence-corrected chi connectivity index (χ0v) is 15.0. The van der Waals surface area contributed by atoms with E-state index in [-0.39, 0.29) is 5.91 Å². The molecule has 0 saturated carbocycles. The van der Waals surface area contributed by atoms with E-state index in [9.17, 15) is 4.79 Å². The first-order chi connectivity index (χ1) is 12.1. The van der Waals surface area contributed by atoms with Crippen LogP contribution in [0.5, 0.6) is 0 Å². The molecule has 0 aliphatic heterocycles. The highest BCUT2D eigenvalue weighted by Crippen LogP contribution is 2.29. The highest BCUT2D eigenvalue weighted by Gasteiger charge is 2.24. The van der Waals surface area contributed by atoms with E-state index in [4.69, 9.17) is 27.9 Å². The molecule has 0 fully saturated rings. The monoisotopic (exact) mass is 374 g/mol. The quantitative estimate of drug-likeness (QED) is 0.662. The van der Waals surface area contributed by atoms with Crippen LogP contribution in [0.25, 0.3) is 10.9 Å². The molecule has 3 rings (SSSR count). The van der Waals surface area contributed by atoms with E-state index in [2.05, 4.69) is 10.3 Å². The summed E-state index contributed by atoms with van der Waals surface area (Å²) in [5.74, 6) is 0.0975. The number of hydrogen-bond donors (Lipinski definition) is 1. The second-order valence-electron chi connectivity index (χ2n) is 5.38. The second-order valence-corrected chi connectivity index (χ2v) is 6.22. The summed E-state index contributed by atoms with van der Waals surface area (Å²) in [6.45, 7) is 2.17. The Balaban J connectivity index is 1.88. The number of halogens is 2. The molecule has 0 aliphatic rings. The van der Waals surface area contributed by atoms with Crippen molar-refractivity contribution in [3.63, 3.8) is 0 Å². The molecule has 0 radical (unpaired) electrons. The van der Waals surface area contributed by atoms with Crippen molar-refractivity contribution in [2.75, 3.05) is 11.9 Å². The summed E-state index contributed by atoms with van der Waals surface area (Å²) >= 11 is 12.3. The summed E-state index contributed by atoms with van der Waals surface area (Å²) in [4.78, 5) is 17.2. The normalized spacial score (nSPS) is 12.1. The molecule has 4 nitrogen and oxygen atoms in total. The number of hydrogen-bond acceptors (Lipinski definition) is 3. The maximum atomic E-state index is 12.7. The second kappa shape index (κ2) is 7.83. The molecule has 1 aromatic heterocycles. The Bertz CT molecular complexity index is 915. The van der Waals surface area contributed by atoms with Gasteiger partial charge in [0.25, 0.3) is 5.91 Å². The number of fused-ring (bicyclic) bond motifs is 1. The number of nitrogens with one attached hydrogen (secondary N) is 1. The third kappa shape index (κ3) is 4.10. The van der Waals surface area contributed by atoms with Gasteiger partial charge in [-0.15, -0.1) is 0 Å². The van der Waals surface area contributed by atoms with E-state index < -0.39 is 6.10 Å². The molecule has 128 valence electrons. The number of para-hydroxylation sites is 1. The first-order valence-electron chi connectivity index (χ1n) is 7.81. The van der Waals surface area contributed by atoms with Gasteiger partial charge in [-0.2, -0.15) is 0 Å². The number of carbonyl (C=O) groups excluding carboxylic acids is 1. The lowest BCUT2D eigenvalue weighted by Crippen LogP contribution is -2.24. The number of pyridine rings is 1. The summed E-state index contributed by atoms with van der Waals surface area (Å²) in [5.41, 5.74) is 1.32. The van der Waals surface area contributed by atoms with Crippen LogP contribution in [0.2, 0.25) is 10.0 Å². The third-order valence-electron chi connectivity index (χ3n) is 3.66. The number of amides is 1. The van der Waals surface area contributed by atoms with Crippen molar-refractivity contribution in [1.82, 2.24) is 4.98 Å². The molecule has 6 heteroatoms. The molecule has 0 bridgehead atoms. The van der Waals surface area contributed by atoms with Crippen molar-refractivity contribution in [2.24, 2.45) is 0 Å². The Morgan fingerprint density at radius 1 is 1.16 bits per heavy atom. The van der Waals surface area contributed by atoms with Crippen LogP contribution in [-0.4, -0.2) is 17.5 Å². The summed E-state index contributed by atoms with van der Waals surface area (Å²) in [6, 6.07) is 16.3. The Morgan fingerprint density at radius 2 is 1.96 bits per heavy atom. The van der Waals surface area contributed by atoms with Gasteiger partial charge >= 0.3 is 0 Å². The molecule has 0 aliphatic carbocycles. The van der Waals surface area contributed by atoms with Gasteiger partial charge in [0.2, 0.25) is 0 Å². The SMILES string of the molecule is CCOC(C(=O)Nc1ccc2ccccc2n1)c1cc(Cl)ccc1Cl. The predicted octanol–water partition coefficient (Wildman–Crippen LogP) is 5.26. The first kappa shape index (κ1) is 17.7. The zero-order chi connectivity index (χ0) is 17.8. The molecular formula is C19H16Cl2N2O2. The lowest BCUT2D eigenvalue weighted by molar-refractivity contribution is -0.127. The smallest absolute Gasteiger partial charge is 0.259 e. The van der Waals surface area contributed by atoms with E-state index in [1.807, 2.05) is 37.3 Å². The van der Waals surface area contributed by atoms with Crippen LogP contribution in [0.3, 0.4) is 0 Å². The molecule has 1 N–H and O–H groups in total. The van der Waals surface area contributed by atoms with E-state index in [1.54, 1.807) is 24.3 Å². The largest absolute Gasteiger partial charge is 0.364 e. The predicted molar refractivity (Wildman–Crippen MR) is 101 cm³/mol. The van der Waals surface area contributed by atoms with Crippen LogP contribution in [0, 0.1) is 0 Å². The number of nitrogens with zero attached hydrogens (tertiary/aromatic N) is 1. The maximum Gasteiger partial charge on any atom is 0.259 e. The lowest BCUT2D eigenvalue weighted by Gasteiger charge is -2.18. The van der Waals surface area contributed by atoms with Crippen LogP contribution < -0.4 is 5.32 Å². The van der Waals surface area contributed by atoms with Crippen molar-refractivity contribution in [3.05, 3.63) is 70.2 Å². The van der Waals surface area contributed by atoms with Gasteiger partial charge in [0.1, 0.15) is 5.82 Å². The fraction of sp³-hybridized carbons (Fsp3) is 0.158. The Labute approximate surface area is 155 Å². The van der Waals surface area contributed by atoms with Crippen LogP contribution in [0.15, 0.2) is 54.6 Å². The van der Waals surface area contributed by atoms with Gasteiger partial charge in [0, 0.05) is 27.6 Å². The fourth-order valence-corrected chi connectivity index (χ4v) is 2.91. The van der Waals surface area contributed by atoms with Gasteiger partial charge in [-0.3, -0.25) is 4.79 Å². The van der Waals surface area contributed by atoms with Crippen LogP contribution in [0.1, 0.15) is 18.6 Å². The van der Waals surface area contributed by atoms with Crippen LogP contribution in [-0.2, 0) is 9.53 Å². The Kier molecular flexibility index (Phi) is 5.53. The van der Waals surface area contributed by atoms with Crippen LogP contribution >= 0.6 is 23.2 Å². The summed E-state index contributed by atoms with van der Waals surface area (Å²) in [6.07, 6.45) is -0.871. The maximum absolute atomic E-state index is 12.7. The van der Waals surface area contributed by atoms with Gasteiger partial charge in [0.05, 0.1) is 5.52 Å². The van der Waals surface area contributed by atoms with Crippen LogP contribution in [0.4, 0.5) is 5.82 Å². The van der Waals surface area contributed by atoms with E-state index >= 15 is 0 Å². The van der Waals surface area contributed by atoms with Gasteiger partial charge in [-0.25, -0.2) is 4.98 Å². The van der Waals surface area contributed by atoms with E-state index in [0.29, 0.717) is 28.0 Å². The summed E-state index contributed by atoms with van der Waals surface area (Å²) in [5, 5.41) is 4.69. The topological polar surface area (TPSA) is 51.2 Å². The molecular weight excluding hydrogens is 359 g/mol. The van der Waals surface area contributed by atoms with Gasteiger partial charge in [-0.05, 0) is 43.3 Å². The average Bonchev–Trinajstić information content (AvgIpc) is 2.62. The molecule has 1 unspecified atom stereocenters. The third-order valence-corrected chi connectivity index (χ3v) is 4.24. The molecule has 0 saturated heterocycles. The minimum atomic E-state index is -0.871. The number of benzene rings is 2. The summed E-state index contributed by atoms with van der Waals surface area (Å²) in [7, 11) is 0. The summed E-state index contributed by atoms with van der Waals surface area (Å²) < 4.78 is 5.60. The molecule has 2 aromatic carbocycles. The Hall–Kier alpha value is -2.14. The number of anilines is 1. The van der Waals surface area contributed by atoms with Crippen molar-refractivity contribution in [1.29, 1.82) is 0 Å². The number of ether oxygens (including phenoxy) is 1. The van der Waals surface area contributed by atoms with Crippen molar-refractivity contribution >= 4 is 45.8 Å².